The van der Waals surface area contributed by atoms with E-state index in [0.717, 1.165) is 0 Å². The monoisotopic (exact) mass is 168 g/mol. The molecule has 3 atom stereocenters. The molecule has 0 aromatic heterocycles. The van der Waals surface area contributed by atoms with Crippen molar-refractivity contribution in [3.8, 4) is 0 Å². The molecule has 66 valence electrons. The van der Waals surface area contributed by atoms with Gasteiger partial charge in [-0.25, -0.2) is 8.78 Å². The first-order chi connectivity index (χ1) is 5.00. The van der Waals surface area contributed by atoms with Crippen molar-refractivity contribution in [2.24, 2.45) is 0 Å². The quantitative estimate of drug-likeness (QED) is 0.568. The van der Waals surface area contributed by atoms with Gasteiger partial charge in [0.1, 0.15) is 18.3 Å². The van der Waals surface area contributed by atoms with Gasteiger partial charge >= 0.3 is 5.92 Å². The summed E-state index contributed by atoms with van der Waals surface area (Å²) in [7, 11) is 0. The van der Waals surface area contributed by atoms with E-state index < -0.39 is 30.8 Å². The van der Waals surface area contributed by atoms with Crippen LogP contribution in [0.1, 0.15) is 6.92 Å². The number of rotatable bonds is 1. The van der Waals surface area contributed by atoms with Gasteiger partial charge in [-0.15, -0.1) is 0 Å². The molecule has 1 fully saturated rings. The molecule has 5 heteroatoms. The largest absolute Gasteiger partial charge is 0.394 e. The first kappa shape index (κ1) is 8.83. The standard InChI is InChI=1S/C6H10F2O3/c1-3-6(7,8)5(10)4(2-9)11-3/h3-5,9-10H,2H2,1H3/t3-,4+,5?/m0/s1. The second kappa shape index (κ2) is 2.66. The third kappa shape index (κ3) is 1.23. The highest BCUT2D eigenvalue weighted by molar-refractivity contribution is 4.94. The Kier molecular flexibility index (Phi) is 2.13. The highest BCUT2D eigenvalue weighted by Gasteiger charge is 2.55. The first-order valence-electron chi connectivity index (χ1n) is 3.32. The van der Waals surface area contributed by atoms with Crippen molar-refractivity contribution in [1.29, 1.82) is 0 Å². The SMILES string of the molecule is C[C@@H]1O[C@H](CO)C(O)C1(F)F. The lowest BCUT2D eigenvalue weighted by molar-refractivity contribution is -0.106. The minimum absolute atomic E-state index is 0.582. The van der Waals surface area contributed by atoms with Crippen LogP contribution in [0.25, 0.3) is 0 Å². The molecule has 2 N–H and O–H groups in total. The third-order valence-corrected chi connectivity index (χ3v) is 1.85. The van der Waals surface area contributed by atoms with E-state index in [1.54, 1.807) is 0 Å². The summed E-state index contributed by atoms with van der Waals surface area (Å²) in [6.45, 7) is 0.583. The van der Waals surface area contributed by atoms with Crippen LogP contribution in [0.15, 0.2) is 0 Å². The van der Waals surface area contributed by atoms with Gasteiger partial charge in [-0.05, 0) is 6.92 Å². The molecule has 1 heterocycles. The van der Waals surface area contributed by atoms with Gasteiger partial charge in [0.2, 0.25) is 0 Å². The molecule has 0 aromatic carbocycles. The average molecular weight is 168 g/mol. The lowest BCUT2D eigenvalue weighted by Crippen LogP contribution is -2.39. The zero-order valence-corrected chi connectivity index (χ0v) is 6.00. The zero-order valence-electron chi connectivity index (χ0n) is 6.00. The van der Waals surface area contributed by atoms with Gasteiger partial charge in [0.15, 0.2) is 0 Å². The summed E-state index contributed by atoms with van der Waals surface area (Å²) in [5.74, 6) is -3.24. The molecule has 11 heavy (non-hydrogen) atoms. The Morgan fingerprint density at radius 2 is 2.09 bits per heavy atom. The predicted molar refractivity (Wildman–Crippen MR) is 32.4 cm³/mol. The van der Waals surface area contributed by atoms with E-state index in [2.05, 4.69) is 4.74 Å². The maximum atomic E-state index is 12.7. The van der Waals surface area contributed by atoms with Crippen molar-refractivity contribution in [3.05, 3.63) is 0 Å². The topological polar surface area (TPSA) is 49.7 Å². The summed E-state index contributed by atoms with van der Waals surface area (Å²) in [6.07, 6.45) is -4.36. The second-order valence-corrected chi connectivity index (χ2v) is 2.62. The molecule has 1 saturated heterocycles. The van der Waals surface area contributed by atoms with Gasteiger partial charge in [-0.1, -0.05) is 0 Å². The summed E-state index contributed by atoms with van der Waals surface area (Å²) >= 11 is 0. The van der Waals surface area contributed by atoms with E-state index in [-0.39, 0.29) is 0 Å². The molecule has 0 saturated carbocycles. The first-order valence-corrected chi connectivity index (χ1v) is 3.32. The van der Waals surface area contributed by atoms with Crippen LogP contribution in [0.4, 0.5) is 8.78 Å². The number of hydrogen-bond donors (Lipinski definition) is 2. The van der Waals surface area contributed by atoms with E-state index in [9.17, 15) is 8.78 Å². The summed E-state index contributed by atoms with van der Waals surface area (Å²) in [5, 5.41) is 17.3. The Morgan fingerprint density at radius 3 is 2.27 bits per heavy atom. The van der Waals surface area contributed by atoms with Gasteiger partial charge in [0.25, 0.3) is 0 Å². The maximum Gasteiger partial charge on any atom is 0.301 e. The molecule has 1 aliphatic rings. The van der Waals surface area contributed by atoms with Crippen molar-refractivity contribution in [2.75, 3.05) is 6.61 Å². The van der Waals surface area contributed by atoms with Crippen molar-refractivity contribution < 1.29 is 23.7 Å². The highest BCUT2D eigenvalue weighted by Crippen LogP contribution is 2.35. The molecule has 0 bridgehead atoms. The number of alkyl halides is 2. The van der Waals surface area contributed by atoms with E-state index in [0.29, 0.717) is 0 Å². The predicted octanol–water partition coefficient (Wildman–Crippen LogP) is -0.238. The highest BCUT2D eigenvalue weighted by atomic mass is 19.3. The van der Waals surface area contributed by atoms with E-state index >= 15 is 0 Å². The van der Waals surface area contributed by atoms with Crippen molar-refractivity contribution >= 4 is 0 Å². The molecule has 1 rings (SSSR count). The minimum Gasteiger partial charge on any atom is -0.394 e. The van der Waals surface area contributed by atoms with E-state index in [4.69, 9.17) is 10.2 Å². The van der Waals surface area contributed by atoms with Crippen molar-refractivity contribution in [1.82, 2.24) is 0 Å². The van der Waals surface area contributed by atoms with Crippen LogP contribution in [0.5, 0.6) is 0 Å². The number of hydrogen-bond acceptors (Lipinski definition) is 3. The normalized spacial score (nSPS) is 42.8. The Balaban J connectivity index is 2.71. The Bertz CT molecular complexity index is 151. The zero-order chi connectivity index (χ0) is 8.65. The van der Waals surface area contributed by atoms with Crippen molar-refractivity contribution in [3.63, 3.8) is 0 Å². The smallest absolute Gasteiger partial charge is 0.301 e. The fraction of sp³-hybridized carbons (Fsp3) is 1.00. The summed E-state index contributed by atoms with van der Waals surface area (Å²) in [6, 6.07) is 0. The third-order valence-electron chi connectivity index (χ3n) is 1.85. The molecular formula is C6H10F2O3. The molecular weight excluding hydrogens is 158 g/mol. The molecule has 0 aliphatic carbocycles. The van der Waals surface area contributed by atoms with Gasteiger partial charge < -0.3 is 14.9 Å². The molecule has 0 radical (unpaired) electrons. The van der Waals surface area contributed by atoms with Crippen LogP contribution < -0.4 is 0 Å². The summed E-state index contributed by atoms with van der Waals surface area (Å²) in [5.41, 5.74) is 0. The molecule has 0 aromatic rings. The minimum atomic E-state index is -3.24. The van der Waals surface area contributed by atoms with Crippen LogP contribution in [-0.4, -0.2) is 41.1 Å². The van der Waals surface area contributed by atoms with Crippen molar-refractivity contribution in [2.45, 2.75) is 31.2 Å². The molecule has 0 amide bonds. The fourth-order valence-corrected chi connectivity index (χ4v) is 1.06. The van der Waals surface area contributed by atoms with E-state index in [1.165, 1.54) is 6.92 Å². The van der Waals surface area contributed by atoms with Crippen LogP contribution in [0.2, 0.25) is 0 Å². The van der Waals surface area contributed by atoms with Gasteiger partial charge in [0.05, 0.1) is 6.61 Å². The Hall–Kier alpha value is -0.260. The maximum absolute atomic E-state index is 12.7. The second-order valence-electron chi connectivity index (χ2n) is 2.62. The van der Waals surface area contributed by atoms with Crippen LogP contribution in [0.3, 0.4) is 0 Å². The summed E-state index contributed by atoms with van der Waals surface area (Å²) in [4.78, 5) is 0. The van der Waals surface area contributed by atoms with Gasteiger partial charge in [-0.2, -0.15) is 0 Å². The van der Waals surface area contributed by atoms with Gasteiger partial charge in [-0.3, -0.25) is 0 Å². The summed E-state index contributed by atoms with van der Waals surface area (Å²) < 4.78 is 30.0. The van der Waals surface area contributed by atoms with Gasteiger partial charge in [0, 0.05) is 0 Å². The van der Waals surface area contributed by atoms with E-state index in [1.807, 2.05) is 0 Å². The number of halogens is 2. The molecule has 0 spiro atoms. The van der Waals surface area contributed by atoms with Crippen LogP contribution >= 0.6 is 0 Å². The molecule has 1 aliphatic heterocycles. The van der Waals surface area contributed by atoms with Crippen LogP contribution in [-0.2, 0) is 4.74 Å². The Labute approximate surface area is 62.6 Å². The Morgan fingerprint density at radius 1 is 1.55 bits per heavy atom. The lowest BCUT2D eigenvalue weighted by Gasteiger charge is -2.15. The fourth-order valence-electron chi connectivity index (χ4n) is 1.06. The van der Waals surface area contributed by atoms with Crippen LogP contribution in [0, 0.1) is 0 Å². The number of ether oxygens (including phenoxy) is 1. The average Bonchev–Trinajstić information content (AvgIpc) is 2.14. The lowest BCUT2D eigenvalue weighted by atomic mass is 10.1. The number of aliphatic hydroxyl groups excluding tert-OH is 2. The molecule has 1 unspecified atom stereocenters. The number of aliphatic hydroxyl groups is 2. The molecule has 3 nitrogen and oxygen atoms in total.